The molecule has 2 amide bonds. The summed E-state index contributed by atoms with van der Waals surface area (Å²) >= 11 is 0. The normalized spacial score (nSPS) is 27.2. The second-order valence-electron chi connectivity index (χ2n) is 5.65. The Morgan fingerprint density at radius 2 is 2.11 bits per heavy atom. The van der Waals surface area contributed by atoms with E-state index in [1.807, 2.05) is 4.90 Å². The fourth-order valence-electron chi connectivity index (χ4n) is 2.84. The fourth-order valence-corrected chi connectivity index (χ4v) is 2.84. The SMILES string of the molecule is CCCN(C(=O)NCC1CCC(OC)C1)C1CC1. The highest BCUT2D eigenvalue weighted by atomic mass is 16.5. The number of hydrogen-bond acceptors (Lipinski definition) is 2. The largest absolute Gasteiger partial charge is 0.381 e. The van der Waals surface area contributed by atoms with Crippen LogP contribution in [0.4, 0.5) is 4.79 Å². The zero-order chi connectivity index (χ0) is 13.0. The van der Waals surface area contributed by atoms with Crippen LogP contribution in [-0.2, 0) is 4.74 Å². The van der Waals surface area contributed by atoms with E-state index in [9.17, 15) is 4.79 Å². The van der Waals surface area contributed by atoms with Crippen molar-refractivity contribution in [1.82, 2.24) is 10.2 Å². The van der Waals surface area contributed by atoms with Crippen molar-refractivity contribution in [3.05, 3.63) is 0 Å². The Labute approximate surface area is 110 Å². The van der Waals surface area contributed by atoms with Gasteiger partial charge in [0.2, 0.25) is 0 Å². The lowest BCUT2D eigenvalue weighted by Crippen LogP contribution is -2.43. The lowest BCUT2D eigenvalue weighted by Gasteiger charge is -2.23. The molecule has 2 rings (SSSR count). The van der Waals surface area contributed by atoms with E-state index >= 15 is 0 Å². The molecule has 2 unspecified atom stereocenters. The Bertz CT molecular complexity index is 279. The molecule has 0 aromatic rings. The predicted octanol–water partition coefficient (Wildman–Crippen LogP) is 2.39. The maximum atomic E-state index is 12.1. The zero-order valence-corrected chi connectivity index (χ0v) is 11.7. The Hall–Kier alpha value is -0.770. The van der Waals surface area contributed by atoms with Crippen molar-refractivity contribution in [2.24, 2.45) is 5.92 Å². The van der Waals surface area contributed by atoms with Crippen LogP contribution in [0.3, 0.4) is 0 Å². The van der Waals surface area contributed by atoms with Crippen LogP contribution in [0.5, 0.6) is 0 Å². The minimum Gasteiger partial charge on any atom is -0.381 e. The number of nitrogens with one attached hydrogen (secondary N) is 1. The summed E-state index contributed by atoms with van der Waals surface area (Å²) in [4.78, 5) is 14.1. The van der Waals surface area contributed by atoms with Crippen molar-refractivity contribution >= 4 is 6.03 Å². The molecule has 0 heterocycles. The number of hydrogen-bond donors (Lipinski definition) is 1. The monoisotopic (exact) mass is 254 g/mol. The quantitative estimate of drug-likeness (QED) is 0.790. The lowest BCUT2D eigenvalue weighted by atomic mass is 10.1. The summed E-state index contributed by atoms with van der Waals surface area (Å²) < 4.78 is 5.36. The summed E-state index contributed by atoms with van der Waals surface area (Å²) in [6.07, 6.45) is 7.22. The third-order valence-corrected chi connectivity index (χ3v) is 4.08. The number of methoxy groups -OCH3 is 1. The van der Waals surface area contributed by atoms with E-state index in [0.717, 1.165) is 32.4 Å². The van der Waals surface area contributed by atoms with E-state index in [-0.39, 0.29) is 6.03 Å². The van der Waals surface area contributed by atoms with Gasteiger partial charge in [-0.05, 0) is 44.4 Å². The van der Waals surface area contributed by atoms with E-state index < -0.39 is 0 Å². The molecule has 1 N–H and O–H groups in total. The third-order valence-electron chi connectivity index (χ3n) is 4.08. The summed E-state index contributed by atoms with van der Waals surface area (Å²) in [5.74, 6) is 0.599. The molecule has 0 aromatic carbocycles. The van der Waals surface area contributed by atoms with Crippen LogP contribution in [0.25, 0.3) is 0 Å². The third kappa shape index (κ3) is 3.61. The molecule has 4 nitrogen and oxygen atoms in total. The molecule has 2 aliphatic carbocycles. The average molecular weight is 254 g/mol. The van der Waals surface area contributed by atoms with Gasteiger partial charge in [-0.3, -0.25) is 0 Å². The molecule has 4 heteroatoms. The molecule has 2 saturated carbocycles. The van der Waals surface area contributed by atoms with Gasteiger partial charge in [-0.1, -0.05) is 6.92 Å². The molecule has 0 spiro atoms. The van der Waals surface area contributed by atoms with Crippen LogP contribution < -0.4 is 5.32 Å². The van der Waals surface area contributed by atoms with Crippen LogP contribution in [0.2, 0.25) is 0 Å². The van der Waals surface area contributed by atoms with Crippen molar-refractivity contribution in [3.8, 4) is 0 Å². The summed E-state index contributed by atoms with van der Waals surface area (Å²) in [5.41, 5.74) is 0. The Morgan fingerprint density at radius 3 is 2.67 bits per heavy atom. The molecule has 2 atom stereocenters. The lowest BCUT2D eigenvalue weighted by molar-refractivity contribution is 0.105. The Kier molecular flexibility index (Phi) is 4.87. The summed E-state index contributed by atoms with van der Waals surface area (Å²) in [5, 5.41) is 3.11. The van der Waals surface area contributed by atoms with Gasteiger partial charge in [0, 0.05) is 26.2 Å². The first-order valence-electron chi connectivity index (χ1n) is 7.31. The van der Waals surface area contributed by atoms with Gasteiger partial charge < -0.3 is 15.0 Å². The molecule has 0 radical (unpaired) electrons. The highest BCUT2D eigenvalue weighted by molar-refractivity contribution is 5.74. The van der Waals surface area contributed by atoms with Crippen molar-refractivity contribution < 1.29 is 9.53 Å². The first kappa shape index (κ1) is 13.7. The molecule has 2 aliphatic rings. The van der Waals surface area contributed by atoms with Gasteiger partial charge in [-0.2, -0.15) is 0 Å². The number of carbonyl (C=O) groups is 1. The van der Waals surface area contributed by atoms with Gasteiger partial charge in [0.15, 0.2) is 0 Å². The van der Waals surface area contributed by atoms with E-state index in [4.69, 9.17) is 4.74 Å². The number of rotatable bonds is 6. The second-order valence-corrected chi connectivity index (χ2v) is 5.65. The standard InChI is InChI=1S/C14H26N2O2/c1-3-8-16(12-5-6-12)14(17)15-10-11-4-7-13(9-11)18-2/h11-13H,3-10H2,1-2H3,(H,15,17). The first-order valence-corrected chi connectivity index (χ1v) is 7.31. The van der Waals surface area contributed by atoms with Crippen molar-refractivity contribution in [2.75, 3.05) is 20.2 Å². The number of urea groups is 1. The molecular formula is C14H26N2O2. The van der Waals surface area contributed by atoms with E-state index in [2.05, 4.69) is 12.2 Å². The highest BCUT2D eigenvalue weighted by Gasteiger charge is 2.32. The van der Waals surface area contributed by atoms with Crippen molar-refractivity contribution in [2.45, 2.75) is 57.6 Å². The van der Waals surface area contributed by atoms with Crippen LogP contribution in [0, 0.1) is 5.92 Å². The Morgan fingerprint density at radius 1 is 1.33 bits per heavy atom. The fraction of sp³-hybridized carbons (Fsp3) is 0.929. The zero-order valence-electron chi connectivity index (χ0n) is 11.7. The summed E-state index contributed by atoms with van der Waals surface area (Å²) in [7, 11) is 1.78. The maximum absolute atomic E-state index is 12.1. The number of amides is 2. The molecule has 18 heavy (non-hydrogen) atoms. The van der Waals surface area contributed by atoms with Gasteiger partial charge in [-0.15, -0.1) is 0 Å². The van der Waals surface area contributed by atoms with Crippen LogP contribution in [-0.4, -0.2) is 43.3 Å². The van der Waals surface area contributed by atoms with Gasteiger partial charge in [0.25, 0.3) is 0 Å². The number of nitrogens with zero attached hydrogens (tertiary/aromatic N) is 1. The smallest absolute Gasteiger partial charge is 0.317 e. The Balaban J connectivity index is 1.70. The van der Waals surface area contributed by atoms with E-state index in [1.54, 1.807) is 7.11 Å². The number of carbonyl (C=O) groups excluding carboxylic acids is 1. The van der Waals surface area contributed by atoms with Crippen LogP contribution in [0.15, 0.2) is 0 Å². The maximum Gasteiger partial charge on any atom is 0.317 e. The molecular weight excluding hydrogens is 228 g/mol. The second kappa shape index (κ2) is 6.41. The highest BCUT2D eigenvalue weighted by Crippen LogP contribution is 2.28. The molecule has 0 bridgehead atoms. The predicted molar refractivity (Wildman–Crippen MR) is 71.6 cm³/mol. The van der Waals surface area contributed by atoms with E-state index in [0.29, 0.717) is 18.1 Å². The first-order chi connectivity index (χ1) is 8.74. The summed E-state index contributed by atoms with van der Waals surface area (Å²) in [6, 6.07) is 0.653. The molecule has 0 saturated heterocycles. The molecule has 0 aliphatic heterocycles. The van der Waals surface area contributed by atoms with Crippen LogP contribution in [0.1, 0.15) is 45.4 Å². The number of ether oxygens (including phenoxy) is 1. The molecule has 0 aromatic heterocycles. The van der Waals surface area contributed by atoms with Crippen LogP contribution >= 0.6 is 0 Å². The van der Waals surface area contributed by atoms with Crippen molar-refractivity contribution in [1.29, 1.82) is 0 Å². The van der Waals surface area contributed by atoms with Gasteiger partial charge >= 0.3 is 6.03 Å². The van der Waals surface area contributed by atoms with Gasteiger partial charge in [0.05, 0.1) is 6.10 Å². The topological polar surface area (TPSA) is 41.6 Å². The average Bonchev–Trinajstić information content (AvgIpc) is 3.11. The summed E-state index contributed by atoms with van der Waals surface area (Å²) in [6.45, 7) is 3.83. The minimum atomic E-state index is 0.139. The minimum absolute atomic E-state index is 0.139. The molecule has 2 fully saturated rings. The molecule has 104 valence electrons. The van der Waals surface area contributed by atoms with E-state index in [1.165, 1.54) is 19.3 Å². The van der Waals surface area contributed by atoms with Gasteiger partial charge in [-0.25, -0.2) is 4.79 Å². The van der Waals surface area contributed by atoms with Crippen molar-refractivity contribution in [3.63, 3.8) is 0 Å². The van der Waals surface area contributed by atoms with Gasteiger partial charge in [0.1, 0.15) is 0 Å².